The van der Waals surface area contributed by atoms with E-state index in [4.69, 9.17) is 9.15 Å². The van der Waals surface area contributed by atoms with Crippen molar-refractivity contribution in [2.45, 2.75) is 76.0 Å². The van der Waals surface area contributed by atoms with Crippen molar-refractivity contribution in [1.82, 2.24) is 14.8 Å². The van der Waals surface area contributed by atoms with Gasteiger partial charge in [0, 0.05) is 25.6 Å². The Balaban J connectivity index is 1.11. The number of carbonyl (C=O) groups is 2. The zero-order chi connectivity index (χ0) is 22.8. The summed E-state index contributed by atoms with van der Waals surface area (Å²) in [5.74, 6) is -0.229. The molecule has 1 aromatic heterocycles. The summed E-state index contributed by atoms with van der Waals surface area (Å²) >= 11 is 0. The molecule has 5 rings (SSSR count). The van der Waals surface area contributed by atoms with Gasteiger partial charge in [-0.25, -0.2) is 4.79 Å². The van der Waals surface area contributed by atoms with Crippen LogP contribution in [0.4, 0.5) is 0 Å². The molecule has 1 N–H and O–H groups in total. The molecule has 3 fully saturated rings. The summed E-state index contributed by atoms with van der Waals surface area (Å²) in [6, 6.07) is 7.15. The molecule has 3 aliphatic rings. The van der Waals surface area contributed by atoms with Crippen molar-refractivity contribution in [2.75, 3.05) is 19.6 Å². The molecule has 1 saturated carbocycles. The Labute approximate surface area is 193 Å². The lowest BCUT2D eigenvalue weighted by Gasteiger charge is -2.39. The standard InChI is InChI=1S/C25H33N3O5/c29-22(17-28-20-8-4-5-9-21(20)32-24(28)31)27-14-12-25(13-15-27)11-10-19(33-25)16-26-23(30)18-6-2-1-3-7-18/h4-5,8-9,18-19H,1-3,6-7,10-17H2,(H,26,30)/t19-/m0/s1. The summed E-state index contributed by atoms with van der Waals surface area (Å²) in [5, 5.41) is 3.12. The Kier molecular flexibility index (Phi) is 6.27. The molecule has 1 atom stereocenters. The number of fused-ring (bicyclic) bond motifs is 1. The molecule has 0 radical (unpaired) electrons. The second kappa shape index (κ2) is 9.33. The Hall–Kier alpha value is -2.61. The quantitative estimate of drug-likeness (QED) is 0.748. The van der Waals surface area contributed by atoms with Gasteiger partial charge in [-0.05, 0) is 50.7 Å². The van der Waals surface area contributed by atoms with E-state index in [-0.39, 0.29) is 36.0 Å². The van der Waals surface area contributed by atoms with Gasteiger partial charge in [0.1, 0.15) is 6.54 Å². The van der Waals surface area contributed by atoms with E-state index in [1.165, 1.54) is 11.0 Å². The Bertz CT molecular complexity index is 1060. The number of rotatable bonds is 5. The molecule has 0 bridgehead atoms. The Morgan fingerprint density at radius 2 is 1.79 bits per heavy atom. The maximum absolute atomic E-state index is 12.9. The zero-order valence-electron chi connectivity index (χ0n) is 19.1. The zero-order valence-corrected chi connectivity index (χ0v) is 19.1. The number of piperidine rings is 1. The highest BCUT2D eigenvalue weighted by Crippen LogP contribution is 2.39. The molecule has 0 unspecified atom stereocenters. The van der Waals surface area contributed by atoms with Crippen LogP contribution in [0.5, 0.6) is 0 Å². The van der Waals surface area contributed by atoms with Crippen molar-refractivity contribution >= 4 is 22.9 Å². The van der Waals surface area contributed by atoms with Crippen LogP contribution >= 0.6 is 0 Å². The third-order valence-corrected chi connectivity index (χ3v) is 7.71. The van der Waals surface area contributed by atoms with Crippen molar-refractivity contribution in [1.29, 1.82) is 0 Å². The lowest BCUT2D eigenvalue weighted by atomic mass is 9.88. The monoisotopic (exact) mass is 455 g/mol. The Morgan fingerprint density at radius 1 is 1.03 bits per heavy atom. The van der Waals surface area contributed by atoms with Crippen LogP contribution in [-0.4, -0.2) is 52.6 Å². The predicted molar refractivity (Wildman–Crippen MR) is 123 cm³/mol. The van der Waals surface area contributed by atoms with Gasteiger partial charge in [-0.3, -0.25) is 14.2 Å². The van der Waals surface area contributed by atoms with Gasteiger partial charge >= 0.3 is 5.76 Å². The molecule has 2 saturated heterocycles. The third kappa shape index (κ3) is 4.71. The molecule has 2 aliphatic heterocycles. The minimum atomic E-state index is -0.504. The molecular formula is C25H33N3O5. The number of amides is 2. The summed E-state index contributed by atoms with van der Waals surface area (Å²) in [7, 11) is 0. The summed E-state index contributed by atoms with van der Waals surface area (Å²) in [5.41, 5.74) is 0.936. The van der Waals surface area contributed by atoms with Crippen molar-refractivity contribution in [2.24, 2.45) is 5.92 Å². The number of likely N-dealkylation sites (tertiary alicyclic amines) is 1. The lowest BCUT2D eigenvalue weighted by molar-refractivity contribution is -0.139. The topological polar surface area (TPSA) is 93.8 Å². The van der Waals surface area contributed by atoms with Crippen molar-refractivity contribution in [3.8, 4) is 0 Å². The predicted octanol–water partition coefficient (Wildman–Crippen LogP) is 2.83. The highest BCUT2D eigenvalue weighted by atomic mass is 16.5. The van der Waals surface area contributed by atoms with E-state index in [1.807, 2.05) is 11.0 Å². The van der Waals surface area contributed by atoms with Gasteiger partial charge in [-0.1, -0.05) is 31.4 Å². The largest absolute Gasteiger partial charge is 0.420 e. The minimum Gasteiger partial charge on any atom is -0.408 e. The number of benzene rings is 1. The van der Waals surface area contributed by atoms with Crippen LogP contribution in [0.2, 0.25) is 0 Å². The SMILES string of the molecule is O=C(NC[C@@H]1CCC2(CCN(C(=O)Cn3c(=O)oc4ccccc43)CC2)O1)C1CCCCC1. The fraction of sp³-hybridized carbons (Fsp3) is 0.640. The Morgan fingerprint density at radius 3 is 2.58 bits per heavy atom. The van der Waals surface area contributed by atoms with Gasteiger partial charge < -0.3 is 19.4 Å². The average Bonchev–Trinajstić information content (AvgIpc) is 3.39. The van der Waals surface area contributed by atoms with Crippen LogP contribution in [0.1, 0.15) is 57.8 Å². The van der Waals surface area contributed by atoms with E-state index in [0.29, 0.717) is 30.7 Å². The number of hydrogen-bond donors (Lipinski definition) is 1. The number of aromatic nitrogens is 1. The van der Waals surface area contributed by atoms with Gasteiger partial charge in [0.25, 0.3) is 0 Å². The van der Waals surface area contributed by atoms with Gasteiger partial charge in [0.15, 0.2) is 5.58 Å². The maximum atomic E-state index is 12.9. The van der Waals surface area contributed by atoms with E-state index in [2.05, 4.69) is 5.32 Å². The molecule has 8 heteroatoms. The summed E-state index contributed by atoms with van der Waals surface area (Å²) in [6.07, 6.45) is 9.09. The number of hydrogen-bond acceptors (Lipinski definition) is 5. The van der Waals surface area contributed by atoms with Crippen LogP contribution in [0, 0.1) is 5.92 Å². The first-order chi connectivity index (χ1) is 16.0. The van der Waals surface area contributed by atoms with Crippen molar-refractivity contribution in [3.05, 3.63) is 34.8 Å². The molecule has 178 valence electrons. The minimum absolute atomic E-state index is 0.0144. The second-order valence-corrected chi connectivity index (χ2v) is 9.84. The molecule has 1 aromatic carbocycles. The van der Waals surface area contributed by atoms with Crippen LogP contribution in [-0.2, 0) is 20.9 Å². The lowest BCUT2D eigenvalue weighted by Crippen LogP contribution is -2.48. The first-order valence-corrected chi connectivity index (χ1v) is 12.3. The van der Waals surface area contributed by atoms with E-state index in [1.54, 1.807) is 18.2 Å². The van der Waals surface area contributed by atoms with Gasteiger partial charge in [0.05, 0.1) is 17.2 Å². The molecule has 1 aliphatic carbocycles. The maximum Gasteiger partial charge on any atom is 0.420 e. The molecular weight excluding hydrogens is 422 g/mol. The van der Waals surface area contributed by atoms with E-state index in [9.17, 15) is 14.4 Å². The number of nitrogens with zero attached hydrogens (tertiary/aromatic N) is 2. The second-order valence-electron chi connectivity index (χ2n) is 9.84. The first kappa shape index (κ1) is 22.2. The summed E-state index contributed by atoms with van der Waals surface area (Å²) < 4.78 is 13.1. The van der Waals surface area contributed by atoms with Crippen LogP contribution in [0.15, 0.2) is 33.5 Å². The summed E-state index contributed by atoms with van der Waals surface area (Å²) in [4.78, 5) is 39.3. The van der Waals surface area contributed by atoms with Crippen LogP contribution < -0.4 is 11.1 Å². The molecule has 2 amide bonds. The molecule has 1 spiro atoms. The highest BCUT2D eigenvalue weighted by molar-refractivity contribution is 5.80. The van der Waals surface area contributed by atoms with E-state index in [0.717, 1.165) is 51.4 Å². The molecule has 2 aromatic rings. The van der Waals surface area contributed by atoms with E-state index >= 15 is 0 Å². The molecule has 33 heavy (non-hydrogen) atoms. The van der Waals surface area contributed by atoms with Gasteiger partial charge in [-0.15, -0.1) is 0 Å². The fourth-order valence-corrected chi connectivity index (χ4v) is 5.69. The third-order valence-electron chi connectivity index (χ3n) is 7.71. The fourth-order valence-electron chi connectivity index (χ4n) is 5.69. The smallest absolute Gasteiger partial charge is 0.408 e. The first-order valence-electron chi connectivity index (χ1n) is 12.3. The average molecular weight is 456 g/mol. The number of oxazole rings is 1. The number of nitrogens with one attached hydrogen (secondary N) is 1. The summed E-state index contributed by atoms with van der Waals surface area (Å²) in [6.45, 7) is 1.80. The molecule has 3 heterocycles. The van der Waals surface area contributed by atoms with Crippen molar-refractivity contribution in [3.63, 3.8) is 0 Å². The van der Waals surface area contributed by atoms with Gasteiger partial charge in [0.2, 0.25) is 11.8 Å². The number of ether oxygens (including phenoxy) is 1. The number of carbonyl (C=O) groups excluding carboxylic acids is 2. The highest BCUT2D eigenvalue weighted by Gasteiger charge is 2.43. The van der Waals surface area contributed by atoms with Gasteiger partial charge in [-0.2, -0.15) is 0 Å². The number of para-hydroxylation sites is 2. The van der Waals surface area contributed by atoms with Crippen LogP contribution in [0.25, 0.3) is 11.1 Å². The van der Waals surface area contributed by atoms with Crippen LogP contribution in [0.3, 0.4) is 0 Å². The van der Waals surface area contributed by atoms with Crippen molar-refractivity contribution < 1.29 is 18.7 Å². The molecule has 8 nitrogen and oxygen atoms in total. The van der Waals surface area contributed by atoms with E-state index < -0.39 is 5.76 Å². The normalized spacial score (nSPS) is 23.3.